The Labute approximate surface area is 120 Å². The highest BCUT2D eigenvalue weighted by atomic mass is 19.1. The molecule has 6 nitrogen and oxygen atoms in total. The van der Waals surface area contributed by atoms with Crippen LogP contribution in [-0.2, 0) is 6.54 Å². The van der Waals surface area contributed by atoms with Gasteiger partial charge in [-0.2, -0.15) is 5.10 Å². The van der Waals surface area contributed by atoms with Crippen molar-refractivity contribution in [3.8, 4) is 11.4 Å². The lowest BCUT2D eigenvalue weighted by molar-refractivity contribution is 0.386. The van der Waals surface area contributed by atoms with Crippen LogP contribution in [0.4, 0.5) is 10.3 Å². The van der Waals surface area contributed by atoms with Gasteiger partial charge in [-0.1, -0.05) is 0 Å². The van der Waals surface area contributed by atoms with E-state index in [0.29, 0.717) is 18.2 Å². The van der Waals surface area contributed by atoms with Crippen molar-refractivity contribution < 1.29 is 9.13 Å². The molecule has 0 amide bonds. The molecule has 1 aromatic carbocycles. The zero-order valence-corrected chi connectivity index (χ0v) is 12.1. The molecule has 0 aliphatic carbocycles. The van der Waals surface area contributed by atoms with Gasteiger partial charge >= 0.3 is 0 Å². The Kier molecular flexibility index (Phi) is 3.04. The Bertz CT molecular complexity index is 820. The Hall–Kier alpha value is -2.57. The summed E-state index contributed by atoms with van der Waals surface area (Å²) in [5.74, 6) is 0.0748. The van der Waals surface area contributed by atoms with E-state index in [9.17, 15) is 4.39 Å². The number of nitrogen functional groups attached to an aromatic ring is 1. The molecule has 0 atom stereocenters. The van der Waals surface area contributed by atoms with E-state index >= 15 is 0 Å². The van der Waals surface area contributed by atoms with Crippen LogP contribution >= 0.6 is 0 Å². The highest BCUT2D eigenvalue weighted by Crippen LogP contribution is 2.28. The second-order valence-electron chi connectivity index (χ2n) is 4.70. The van der Waals surface area contributed by atoms with E-state index in [4.69, 9.17) is 10.5 Å². The van der Waals surface area contributed by atoms with E-state index in [-0.39, 0.29) is 5.75 Å². The fraction of sp³-hybridized carbons (Fsp3) is 0.286. The molecule has 0 bridgehead atoms. The number of aromatic nitrogens is 4. The number of nitrogens with two attached hydrogens (primary N) is 1. The monoisotopic (exact) mass is 289 g/mol. The lowest BCUT2D eigenvalue weighted by atomic mass is 10.3. The first-order chi connectivity index (χ1) is 10.1. The summed E-state index contributed by atoms with van der Waals surface area (Å²) < 4.78 is 22.2. The van der Waals surface area contributed by atoms with E-state index in [1.807, 2.05) is 18.5 Å². The molecule has 0 saturated heterocycles. The van der Waals surface area contributed by atoms with Gasteiger partial charge in [-0.15, -0.1) is 0 Å². The third-order valence-corrected chi connectivity index (χ3v) is 3.43. The van der Waals surface area contributed by atoms with Gasteiger partial charge in [-0.25, -0.2) is 14.1 Å². The Morgan fingerprint density at radius 1 is 1.38 bits per heavy atom. The van der Waals surface area contributed by atoms with Gasteiger partial charge in [0.25, 0.3) is 0 Å². The number of aryl methyl sites for hydroxylation is 2. The van der Waals surface area contributed by atoms with Crippen LogP contribution in [-0.4, -0.2) is 26.4 Å². The molecule has 3 aromatic rings. The number of methoxy groups -OCH3 is 1. The third kappa shape index (κ3) is 1.93. The van der Waals surface area contributed by atoms with E-state index < -0.39 is 5.82 Å². The smallest absolute Gasteiger partial charge is 0.207 e. The highest BCUT2D eigenvalue weighted by Gasteiger charge is 2.18. The van der Waals surface area contributed by atoms with E-state index in [2.05, 4.69) is 10.1 Å². The van der Waals surface area contributed by atoms with Crippen LogP contribution in [0, 0.1) is 12.7 Å². The van der Waals surface area contributed by atoms with Crippen LogP contribution in [0.2, 0.25) is 0 Å². The van der Waals surface area contributed by atoms with Gasteiger partial charge < -0.3 is 10.5 Å². The lowest BCUT2D eigenvalue weighted by Gasteiger charge is -2.10. The maximum absolute atomic E-state index is 13.6. The van der Waals surface area contributed by atoms with Crippen molar-refractivity contribution >= 4 is 17.1 Å². The first-order valence-electron chi connectivity index (χ1n) is 6.62. The van der Waals surface area contributed by atoms with Gasteiger partial charge in [0.2, 0.25) is 5.95 Å². The van der Waals surface area contributed by atoms with Crippen LogP contribution in [0.5, 0.6) is 5.75 Å². The molecule has 110 valence electrons. The van der Waals surface area contributed by atoms with Crippen molar-refractivity contribution in [2.45, 2.75) is 20.4 Å². The van der Waals surface area contributed by atoms with Crippen molar-refractivity contribution in [2.24, 2.45) is 0 Å². The molecule has 0 unspecified atom stereocenters. The normalized spacial score (nSPS) is 11.2. The second kappa shape index (κ2) is 4.76. The molecule has 7 heteroatoms. The molecule has 2 N–H and O–H groups in total. The average Bonchev–Trinajstić information content (AvgIpc) is 2.96. The number of anilines is 1. The number of benzene rings is 1. The minimum atomic E-state index is -0.420. The number of hydrogen-bond donors (Lipinski definition) is 1. The van der Waals surface area contributed by atoms with Gasteiger partial charge in [-0.3, -0.25) is 4.57 Å². The van der Waals surface area contributed by atoms with Crippen LogP contribution < -0.4 is 10.5 Å². The molecule has 0 spiro atoms. The molecule has 0 saturated carbocycles. The van der Waals surface area contributed by atoms with Crippen molar-refractivity contribution in [1.29, 1.82) is 0 Å². The number of imidazole rings is 1. The summed E-state index contributed by atoms with van der Waals surface area (Å²) in [6, 6.07) is 4.58. The zero-order chi connectivity index (χ0) is 15.1. The molecular formula is C14H16FN5O. The van der Waals surface area contributed by atoms with Crippen LogP contribution in [0.25, 0.3) is 16.9 Å². The molecular weight excluding hydrogens is 273 g/mol. The number of fused-ring (bicyclic) bond motifs is 1. The SMILES string of the molecule is CCn1nc(C)c2nc(N)n(-c3ccc(F)c(OC)c3)c21. The molecule has 21 heavy (non-hydrogen) atoms. The molecule has 0 radical (unpaired) electrons. The molecule has 2 aromatic heterocycles. The van der Waals surface area contributed by atoms with E-state index in [1.54, 1.807) is 16.7 Å². The Balaban J connectivity index is 2.31. The van der Waals surface area contributed by atoms with Crippen molar-refractivity contribution in [2.75, 3.05) is 12.8 Å². The predicted octanol–water partition coefficient (Wildman–Crippen LogP) is 2.28. The quantitative estimate of drug-likeness (QED) is 0.803. The first kappa shape index (κ1) is 13.4. The Morgan fingerprint density at radius 3 is 2.81 bits per heavy atom. The minimum Gasteiger partial charge on any atom is -0.494 e. The number of ether oxygens (including phenoxy) is 1. The summed E-state index contributed by atoms with van der Waals surface area (Å²) in [7, 11) is 1.43. The minimum absolute atomic E-state index is 0.160. The standard InChI is InChI=1S/C14H16FN5O/c1-4-19-13-12(8(2)18-19)17-14(16)20(13)9-5-6-10(15)11(7-9)21-3/h5-7H,4H2,1-3H3,(H2,16,17). The third-order valence-electron chi connectivity index (χ3n) is 3.43. The van der Waals surface area contributed by atoms with Crippen molar-refractivity contribution in [1.82, 2.24) is 19.3 Å². The van der Waals surface area contributed by atoms with E-state index in [0.717, 1.165) is 16.9 Å². The van der Waals surface area contributed by atoms with Crippen LogP contribution in [0.15, 0.2) is 18.2 Å². The molecule has 3 rings (SSSR count). The average molecular weight is 289 g/mol. The van der Waals surface area contributed by atoms with Gasteiger partial charge in [-0.05, 0) is 26.0 Å². The fourth-order valence-electron chi connectivity index (χ4n) is 2.45. The number of nitrogens with zero attached hydrogens (tertiary/aromatic N) is 4. The van der Waals surface area contributed by atoms with Gasteiger partial charge in [0.05, 0.1) is 18.5 Å². The summed E-state index contributed by atoms with van der Waals surface area (Å²) in [5.41, 5.74) is 9.06. The topological polar surface area (TPSA) is 70.9 Å². The molecule has 0 aliphatic rings. The number of halogens is 1. The zero-order valence-electron chi connectivity index (χ0n) is 12.1. The second-order valence-corrected chi connectivity index (χ2v) is 4.70. The summed E-state index contributed by atoms with van der Waals surface area (Å²) in [5, 5.41) is 4.43. The molecule has 2 heterocycles. The van der Waals surface area contributed by atoms with Gasteiger partial charge in [0.15, 0.2) is 17.2 Å². The summed E-state index contributed by atoms with van der Waals surface area (Å²) in [6.45, 7) is 4.56. The first-order valence-corrected chi connectivity index (χ1v) is 6.62. The maximum atomic E-state index is 13.6. The number of hydrogen-bond acceptors (Lipinski definition) is 4. The van der Waals surface area contributed by atoms with Crippen LogP contribution in [0.1, 0.15) is 12.6 Å². The van der Waals surface area contributed by atoms with Crippen molar-refractivity contribution in [3.63, 3.8) is 0 Å². The van der Waals surface area contributed by atoms with Crippen LogP contribution in [0.3, 0.4) is 0 Å². The summed E-state index contributed by atoms with van der Waals surface area (Å²) in [6.07, 6.45) is 0. The van der Waals surface area contributed by atoms with Crippen molar-refractivity contribution in [3.05, 3.63) is 29.7 Å². The molecule has 0 fully saturated rings. The number of rotatable bonds is 3. The highest BCUT2D eigenvalue weighted by molar-refractivity contribution is 5.80. The maximum Gasteiger partial charge on any atom is 0.207 e. The van der Waals surface area contributed by atoms with Gasteiger partial charge in [0, 0.05) is 12.6 Å². The summed E-state index contributed by atoms with van der Waals surface area (Å²) >= 11 is 0. The fourth-order valence-corrected chi connectivity index (χ4v) is 2.45. The van der Waals surface area contributed by atoms with Gasteiger partial charge in [0.1, 0.15) is 5.52 Å². The largest absolute Gasteiger partial charge is 0.494 e. The lowest BCUT2D eigenvalue weighted by Crippen LogP contribution is -2.07. The summed E-state index contributed by atoms with van der Waals surface area (Å²) in [4.78, 5) is 4.36. The predicted molar refractivity (Wildman–Crippen MR) is 78.2 cm³/mol. The van der Waals surface area contributed by atoms with E-state index in [1.165, 1.54) is 13.2 Å². The Morgan fingerprint density at radius 2 is 2.14 bits per heavy atom. The molecule has 0 aliphatic heterocycles.